The Morgan fingerprint density at radius 2 is 1.69 bits per heavy atom. The van der Waals surface area contributed by atoms with E-state index >= 15 is 0 Å². The molecule has 1 fully saturated rings. The first-order chi connectivity index (χ1) is 13.0. The fourth-order valence-corrected chi connectivity index (χ4v) is 3.34. The maximum absolute atomic E-state index is 14.3. The van der Waals surface area contributed by atoms with Crippen LogP contribution in [-0.2, 0) is 11.2 Å². The average Bonchev–Trinajstić information content (AvgIpc) is 2.67. The quantitative estimate of drug-likeness (QED) is 0.566. The number of anilines is 2. The van der Waals surface area contributed by atoms with E-state index < -0.39 is 5.82 Å². The molecule has 158 valence electrons. The highest BCUT2D eigenvalue weighted by Gasteiger charge is 2.23. The lowest BCUT2D eigenvalue weighted by Crippen LogP contribution is -2.49. The third kappa shape index (κ3) is 6.08. The number of carbonyl (C=O) groups excluding carboxylic acids is 2. The van der Waals surface area contributed by atoms with Gasteiger partial charge in [-0.3, -0.25) is 9.59 Å². The number of carbonyl (C=O) groups is 2. The summed E-state index contributed by atoms with van der Waals surface area (Å²) >= 11 is 0. The number of halogens is 3. The smallest absolute Gasteiger partial charge is 0.223 e. The molecule has 1 heterocycles. The summed E-state index contributed by atoms with van der Waals surface area (Å²) in [7, 11) is 0. The summed E-state index contributed by atoms with van der Waals surface area (Å²) in [6.07, 6.45) is 1.03. The number of rotatable bonds is 5. The first kappa shape index (κ1) is 24.7. The summed E-state index contributed by atoms with van der Waals surface area (Å²) in [6, 6.07) is 12.1. The van der Waals surface area contributed by atoms with Gasteiger partial charge in [0.15, 0.2) is 5.78 Å². The lowest BCUT2D eigenvalue weighted by molar-refractivity contribution is -0.131. The van der Waals surface area contributed by atoms with Crippen LogP contribution in [0.15, 0.2) is 42.5 Å². The van der Waals surface area contributed by atoms with Gasteiger partial charge >= 0.3 is 0 Å². The lowest BCUT2D eigenvalue weighted by atomic mass is 10.1. The van der Waals surface area contributed by atoms with Crippen LogP contribution in [-0.4, -0.2) is 42.8 Å². The zero-order valence-corrected chi connectivity index (χ0v) is 17.9. The number of piperazine rings is 1. The Hall–Kier alpha value is -2.31. The van der Waals surface area contributed by atoms with Crippen molar-refractivity contribution in [2.24, 2.45) is 0 Å². The molecule has 0 spiro atoms. The normalized spacial score (nSPS) is 13.3. The van der Waals surface area contributed by atoms with Crippen LogP contribution in [0.3, 0.4) is 0 Å². The van der Waals surface area contributed by atoms with E-state index in [0.717, 1.165) is 5.56 Å². The third-order valence-corrected chi connectivity index (χ3v) is 4.99. The first-order valence-electron chi connectivity index (χ1n) is 9.12. The van der Waals surface area contributed by atoms with Gasteiger partial charge in [-0.15, -0.1) is 24.8 Å². The maximum Gasteiger partial charge on any atom is 0.223 e. The van der Waals surface area contributed by atoms with Crippen molar-refractivity contribution >= 4 is 47.9 Å². The van der Waals surface area contributed by atoms with E-state index in [1.54, 1.807) is 12.1 Å². The van der Waals surface area contributed by atoms with Crippen molar-refractivity contribution in [3.8, 4) is 0 Å². The standard InChI is InChI=1S/C21H24FN3O2.2ClH/c1-15(26)17-6-8-20(18(22)14-17)24-10-12-25(13-11-24)21(27)9-7-16-4-2-3-5-19(16)23;;/h2-6,8,14H,7,9-13,23H2,1H3;2*1H. The van der Waals surface area contributed by atoms with Crippen LogP contribution < -0.4 is 10.6 Å². The van der Waals surface area contributed by atoms with Crippen molar-refractivity contribution in [1.82, 2.24) is 4.90 Å². The zero-order valence-electron chi connectivity index (χ0n) is 16.3. The monoisotopic (exact) mass is 441 g/mol. The van der Waals surface area contributed by atoms with E-state index in [-0.39, 0.29) is 36.5 Å². The molecule has 0 radical (unpaired) electrons. The maximum atomic E-state index is 14.3. The van der Waals surface area contributed by atoms with Crippen molar-refractivity contribution in [2.75, 3.05) is 36.8 Å². The second-order valence-electron chi connectivity index (χ2n) is 6.79. The molecule has 1 saturated heterocycles. The number of nitrogens with two attached hydrogens (primary N) is 1. The van der Waals surface area contributed by atoms with Crippen LogP contribution in [0.25, 0.3) is 0 Å². The number of amides is 1. The second-order valence-corrected chi connectivity index (χ2v) is 6.79. The number of ketones is 1. The summed E-state index contributed by atoms with van der Waals surface area (Å²) in [4.78, 5) is 27.6. The molecule has 3 rings (SSSR count). The van der Waals surface area contributed by atoms with Gasteiger partial charge < -0.3 is 15.5 Å². The molecular weight excluding hydrogens is 416 g/mol. The van der Waals surface area contributed by atoms with Gasteiger partial charge in [-0.1, -0.05) is 18.2 Å². The van der Waals surface area contributed by atoms with Crippen molar-refractivity contribution in [1.29, 1.82) is 0 Å². The number of hydrogen-bond donors (Lipinski definition) is 1. The molecule has 0 atom stereocenters. The van der Waals surface area contributed by atoms with Crippen LogP contribution >= 0.6 is 24.8 Å². The number of nitrogen functional groups attached to an aromatic ring is 1. The summed E-state index contributed by atoms with van der Waals surface area (Å²) < 4.78 is 14.3. The van der Waals surface area contributed by atoms with E-state index in [2.05, 4.69) is 0 Å². The molecule has 0 aromatic heterocycles. The van der Waals surface area contributed by atoms with E-state index in [9.17, 15) is 14.0 Å². The topological polar surface area (TPSA) is 66.6 Å². The molecule has 2 N–H and O–H groups in total. The molecule has 0 saturated carbocycles. The van der Waals surface area contributed by atoms with Crippen molar-refractivity contribution in [3.63, 3.8) is 0 Å². The summed E-state index contributed by atoms with van der Waals surface area (Å²) in [5, 5.41) is 0. The summed E-state index contributed by atoms with van der Waals surface area (Å²) in [5.41, 5.74) is 8.46. The van der Waals surface area contributed by atoms with Gasteiger partial charge in [0.2, 0.25) is 5.91 Å². The largest absolute Gasteiger partial charge is 0.399 e. The van der Waals surface area contributed by atoms with E-state index in [1.165, 1.54) is 13.0 Å². The first-order valence-corrected chi connectivity index (χ1v) is 9.12. The van der Waals surface area contributed by atoms with Gasteiger partial charge in [-0.2, -0.15) is 0 Å². The molecule has 5 nitrogen and oxygen atoms in total. The van der Waals surface area contributed by atoms with Crippen LogP contribution in [0.5, 0.6) is 0 Å². The van der Waals surface area contributed by atoms with Gasteiger partial charge in [-0.25, -0.2) is 4.39 Å². The Bertz CT molecular complexity index is 856. The predicted octanol–water partition coefficient (Wildman–Crippen LogP) is 3.74. The number of nitrogens with zero attached hydrogens (tertiary/aromatic N) is 2. The Balaban J connectivity index is 0.00000210. The molecule has 2 aromatic rings. The van der Waals surface area contributed by atoms with E-state index in [4.69, 9.17) is 5.73 Å². The molecule has 2 aromatic carbocycles. The Morgan fingerprint density at radius 1 is 1.03 bits per heavy atom. The van der Waals surface area contributed by atoms with Crippen LogP contribution in [0.4, 0.5) is 15.8 Å². The Kier molecular flexibility index (Phi) is 9.40. The number of hydrogen-bond acceptors (Lipinski definition) is 4. The fraction of sp³-hybridized carbons (Fsp3) is 0.333. The van der Waals surface area contributed by atoms with Crippen LogP contribution in [0, 0.1) is 5.82 Å². The number of aryl methyl sites for hydroxylation is 1. The van der Waals surface area contributed by atoms with Crippen molar-refractivity contribution in [2.45, 2.75) is 19.8 Å². The summed E-state index contributed by atoms with van der Waals surface area (Å²) in [5.74, 6) is -0.470. The van der Waals surface area contributed by atoms with Crippen molar-refractivity contribution < 1.29 is 14.0 Å². The Morgan fingerprint density at radius 3 is 2.28 bits per heavy atom. The molecule has 29 heavy (non-hydrogen) atoms. The fourth-order valence-electron chi connectivity index (χ4n) is 3.34. The minimum Gasteiger partial charge on any atom is -0.399 e. The molecule has 1 amide bonds. The summed E-state index contributed by atoms with van der Waals surface area (Å²) in [6.45, 7) is 3.65. The average molecular weight is 442 g/mol. The number of benzene rings is 2. The number of Topliss-reactive ketones (excluding diaryl/α,β-unsaturated/α-hetero) is 1. The van der Waals surface area contributed by atoms with Crippen LogP contribution in [0.1, 0.15) is 29.3 Å². The molecule has 1 aliphatic rings. The predicted molar refractivity (Wildman–Crippen MR) is 119 cm³/mol. The van der Waals surface area contributed by atoms with Gasteiger partial charge in [0, 0.05) is 43.9 Å². The van der Waals surface area contributed by atoms with Crippen molar-refractivity contribution in [3.05, 3.63) is 59.4 Å². The molecule has 0 bridgehead atoms. The molecular formula is C21H26Cl2FN3O2. The SMILES string of the molecule is CC(=O)c1ccc(N2CCN(C(=O)CCc3ccccc3N)CC2)c(F)c1.Cl.Cl. The second kappa shape index (κ2) is 11.0. The number of para-hydroxylation sites is 1. The third-order valence-electron chi connectivity index (χ3n) is 4.99. The minimum atomic E-state index is -0.401. The molecule has 0 aliphatic carbocycles. The molecule has 0 unspecified atom stereocenters. The minimum absolute atomic E-state index is 0. The highest BCUT2D eigenvalue weighted by molar-refractivity contribution is 5.94. The van der Waals surface area contributed by atoms with Gasteiger partial charge in [0.05, 0.1) is 5.69 Å². The zero-order chi connectivity index (χ0) is 19.4. The van der Waals surface area contributed by atoms with E-state index in [0.29, 0.717) is 56.0 Å². The molecule has 1 aliphatic heterocycles. The van der Waals surface area contributed by atoms with Gasteiger partial charge in [0.25, 0.3) is 0 Å². The van der Waals surface area contributed by atoms with E-state index in [1.807, 2.05) is 34.1 Å². The highest BCUT2D eigenvalue weighted by atomic mass is 35.5. The highest BCUT2D eigenvalue weighted by Crippen LogP contribution is 2.23. The lowest BCUT2D eigenvalue weighted by Gasteiger charge is -2.36. The van der Waals surface area contributed by atoms with Gasteiger partial charge in [-0.05, 0) is 43.2 Å². The Labute approximate surface area is 182 Å². The molecule has 8 heteroatoms. The van der Waals surface area contributed by atoms with Gasteiger partial charge in [0.1, 0.15) is 5.82 Å². The van der Waals surface area contributed by atoms with Crippen LogP contribution in [0.2, 0.25) is 0 Å².